The maximum Gasteiger partial charge on any atom is 0.101 e. The summed E-state index contributed by atoms with van der Waals surface area (Å²) in [6.07, 6.45) is 1.13. The lowest BCUT2D eigenvalue weighted by atomic mass is 9.90. The van der Waals surface area contributed by atoms with Crippen LogP contribution in [0.25, 0.3) is 0 Å². The van der Waals surface area contributed by atoms with E-state index in [4.69, 9.17) is 5.26 Å². The Kier molecular flexibility index (Phi) is 2.38. The lowest BCUT2D eigenvalue weighted by Crippen LogP contribution is -2.38. The monoisotopic (exact) mass is 277 g/mol. The zero-order valence-corrected chi connectivity index (χ0v) is 10.3. The summed E-state index contributed by atoms with van der Waals surface area (Å²) in [5, 5.41) is 16.0. The normalized spacial score (nSPS) is 26.5. The molecule has 3 rings (SSSR count). The van der Waals surface area contributed by atoms with Gasteiger partial charge in [-0.15, -0.1) is 0 Å². The number of hydrogen-bond donors (Lipinski definition) is 2. The molecule has 1 fully saturated rings. The number of piperidine rings is 1. The second-order valence-electron chi connectivity index (χ2n) is 4.38. The van der Waals surface area contributed by atoms with E-state index in [9.17, 15) is 0 Å². The highest BCUT2D eigenvalue weighted by atomic mass is 79.9. The van der Waals surface area contributed by atoms with Gasteiger partial charge in [-0.25, -0.2) is 0 Å². The fourth-order valence-electron chi connectivity index (χ4n) is 2.71. The first kappa shape index (κ1) is 10.1. The van der Waals surface area contributed by atoms with Gasteiger partial charge in [-0.05, 0) is 30.7 Å². The number of rotatable bonds is 0. The van der Waals surface area contributed by atoms with Gasteiger partial charge in [0.1, 0.15) is 6.07 Å². The van der Waals surface area contributed by atoms with Gasteiger partial charge in [0, 0.05) is 23.0 Å². The largest absolute Gasteiger partial charge is 0.380 e. The molecular formula is C12H12BrN3. The first-order valence-corrected chi connectivity index (χ1v) is 6.29. The molecule has 1 aromatic carbocycles. The standard InChI is InChI=1S/C12H12BrN3/c13-8-3-7(5-14)12-9(4-8)10-6-15-2-1-11(10)16-12/h3-4,10-11,15-16H,1-2,6H2/t10?,11-/m0/s1. The highest BCUT2D eigenvalue weighted by Crippen LogP contribution is 2.41. The molecule has 4 heteroatoms. The van der Waals surface area contributed by atoms with Crippen LogP contribution >= 0.6 is 15.9 Å². The summed E-state index contributed by atoms with van der Waals surface area (Å²) >= 11 is 3.47. The molecule has 0 aliphatic carbocycles. The Bertz CT molecular complexity index is 478. The first-order chi connectivity index (χ1) is 7.79. The summed E-state index contributed by atoms with van der Waals surface area (Å²) in [7, 11) is 0. The number of fused-ring (bicyclic) bond motifs is 3. The molecule has 2 heterocycles. The maximum absolute atomic E-state index is 9.13. The highest BCUT2D eigenvalue weighted by molar-refractivity contribution is 9.10. The molecule has 0 radical (unpaired) electrons. The molecule has 0 amide bonds. The molecule has 1 aromatic rings. The smallest absolute Gasteiger partial charge is 0.101 e. The molecule has 1 unspecified atom stereocenters. The molecule has 82 valence electrons. The van der Waals surface area contributed by atoms with E-state index in [1.54, 1.807) is 0 Å². The molecular weight excluding hydrogens is 266 g/mol. The maximum atomic E-state index is 9.13. The average molecular weight is 278 g/mol. The van der Waals surface area contributed by atoms with Gasteiger partial charge in [0.05, 0.1) is 11.3 Å². The third-order valence-corrected chi connectivity index (χ3v) is 3.92. The molecule has 2 N–H and O–H groups in total. The molecule has 2 aliphatic rings. The van der Waals surface area contributed by atoms with Crippen LogP contribution < -0.4 is 10.6 Å². The minimum Gasteiger partial charge on any atom is -0.380 e. The summed E-state index contributed by atoms with van der Waals surface area (Å²) in [6.45, 7) is 2.07. The lowest BCUT2D eigenvalue weighted by molar-refractivity contribution is 0.440. The van der Waals surface area contributed by atoms with Crippen LogP contribution in [0, 0.1) is 11.3 Å². The van der Waals surface area contributed by atoms with Crippen molar-refractivity contribution in [3.63, 3.8) is 0 Å². The Morgan fingerprint density at radius 2 is 2.31 bits per heavy atom. The Balaban J connectivity index is 2.11. The zero-order chi connectivity index (χ0) is 11.1. The minimum atomic E-state index is 0.498. The van der Waals surface area contributed by atoms with Crippen molar-refractivity contribution in [2.45, 2.75) is 18.4 Å². The van der Waals surface area contributed by atoms with Crippen molar-refractivity contribution in [1.82, 2.24) is 5.32 Å². The summed E-state index contributed by atoms with van der Waals surface area (Å²) in [5.41, 5.74) is 3.08. The van der Waals surface area contributed by atoms with E-state index < -0.39 is 0 Å². The van der Waals surface area contributed by atoms with Crippen molar-refractivity contribution in [2.24, 2.45) is 0 Å². The molecule has 0 spiro atoms. The fraction of sp³-hybridized carbons (Fsp3) is 0.417. The quantitative estimate of drug-likeness (QED) is 0.764. The average Bonchev–Trinajstić information content (AvgIpc) is 2.67. The van der Waals surface area contributed by atoms with Gasteiger partial charge in [0.2, 0.25) is 0 Å². The van der Waals surface area contributed by atoms with E-state index >= 15 is 0 Å². The highest BCUT2D eigenvalue weighted by Gasteiger charge is 2.35. The number of nitrogens with zero attached hydrogens (tertiary/aromatic N) is 1. The number of hydrogen-bond acceptors (Lipinski definition) is 3. The van der Waals surface area contributed by atoms with Gasteiger partial charge in [-0.3, -0.25) is 0 Å². The number of benzene rings is 1. The topological polar surface area (TPSA) is 47.9 Å². The van der Waals surface area contributed by atoms with Crippen molar-refractivity contribution < 1.29 is 0 Å². The second kappa shape index (κ2) is 3.76. The molecule has 0 saturated carbocycles. The first-order valence-electron chi connectivity index (χ1n) is 5.50. The van der Waals surface area contributed by atoms with Crippen LogP contribution in [0.5, 0.6) is 0 Å². The van der Waals surface area contributed by atoms with E-state index in [0.29, 0.717) is 12.0 Å². The van der Waals surface area contributed by atoms with Gasteiger partial charge < -0.3 is 10.6 Å². The number of nitriles is 1. The number of nitrogens with one attached hydrogen (secondary N) is 2. The predicted molar refractivity (Wildman–Crippen MR) is 66.5 cm³/mol. The minimum absolute atomic E-state index is 0.498. The fourth-order valence-corrected chi connectivity index (χ4v) is 3.19. The molecule has 16 heavy (non-hydrogen) atoms. The van der Waals surface area contributed by atoms with Crippen LogP contribution in [0.4, 0.5) is 5.69 Å². The Labute approximate surface area is 103 Å². The molecule has 0 bridgehead atoms. The second-order valence-corrected chi connectivity index (χ2v) is 5.30. The van der Waals surface area contributed by atoms with Gasteiger partial charge in [-0.1, -0.05) is 15.9 Å². The Morgan fingerprint density at radius 3 is 3.12 bits per heavy atom. The zero-order valence-electron chi connectivity index (χ0n) is 8.76. The van der Waals surface area contributed by atoms with Crippen LogP contribution in [0.3, 0.4) is 0 Å². The van der Waals surface area contributed by atoms with Crippen molar-refractivity contribution >= 4 is 21.6 Å². The van der Waals surface area contributed by atoms with Crippen LogP contribution in [0.1, 0.15) is 23.5 Å². The van der Waals surface area contributed by atoms with E-state index in [2.05, 4.69) is 38.7 Å². The Hall–Kier alpha value is -1.05. The summed E-state index contributed by atoms with van der Waals surface area (Å²) in [4.78, 5) is 0. The van der Waals surface area contributed by atoms with E-state index in [1.807, 2.05) is 6.07 Å². The van der Waals surface area contributed by atoms with Gasteiger partial charge in [0.15, 0.2) is 0 Å². The van der Waals surface area contributed by atoms with Crippen LogP contribution in [-0.4, -0.2) is 19.1 Å². The number of anilines is 1. The SMILES string of the molecule is N#Cc1cc(Br)cc2c1N[C@H]1CCNCC21. The van der Waals surface area contributed by atoms with Crippen LogP contribution in [0.15, 0.2) is 16.6 Å². The van der Waals surface area contributed by atoms with Crippen molar-refractivity contribution in [2.75, 3.05) is 18.4 Å². The van der Waals surface area contributed by atoms with Crippen molar-refractivity contribution in [3.8, 4) is 6.07 Å². The van der Waals surface area contributed by atoms with Crippen LogP contribution in [-0.2, 0) is 0 Å². The van der Waals surface area contributed by atoms with Crippen molar-refractivity contribution in [3.05, 3.63) is 27.7 Å². The molecule has 1 saturated heterocycles. The molecule has 2 atom stereocenters. The molecule has 0 aromatic heterocycles. The summed E-state index contributed by atoms with van der Waals surface area (Å²) < 4.78 is 0.996. The number of halogens is 1. The van der Waals surface area contributed by atoms with Crippen molar-refractivity contribution in [1.29, 1.82) is 5.26 Å². The van der Waals surface area contributed by atoms with E-state index in [-0.39, 0.29) is 0 Å². The lowest BCUT2D eigenvalue weighted by Gasteiger charge is -2.26. The predicted octanol–water partition coefficient (Wildman–Crippen LogP) is 2.19. The Morgan fingerprint density at radius 1 is 1.44 bits per heavy atom. The van der Waals surface area contributed by atoms with E-state index in [0.717, 1.165) is 35.2 Å². The van der Waals surface area contributed by atoms with Gasteiger partial charge >= 0.3 is 0 Å². The molecule has 2 aliphatic heterocycles. The van der Waals surface area contributed by atoms with Gasteiger partial charge in [0.25, 0.3) is 0 Å². The van der Waals surface area contributed by atoms with Gasteiger partial charge in [-0.2, -0.15) is 5.26 Å². The third-order valence-electron chi connectivity index (χ3n) is 3.47. The summed E-state index contributed by atoms with van der Waals surface area (Å²) in [5.74, 6) is 0.508. The third kappa shape index (κ3) is 1.43. The summed E-state index contributed by atoms with van der Waals surface area (Å²) in [6, 6.07) is 6.79. The molecule has 3 nitrogen and oxygen atoms in total. The van der Waals surface area contributed by atoms with Crippen LogP contribution in [0.2, 0.25) is 0 Å². The van der Waals surface area contributed by atoms with E-state index in [1.165, 1.54) is 5.56 Å².